The van der Waals surface area contributed by atoms with Gasteiger partial charge in [-0.05, 0) is 37.3 Å². The van der Waals surface area contributed by atoms with E-state index in [-0.39, 0.29) is 10.6 Å². The summed E-state index contributed by atoms with van der Waals surface area (Å²) in [5, 5.41) is 0. The second-order valence-corrected chi connectivity index (χ2v) is 6.73. The maximum atomic E-state index is 13.4. The minimum atomic E-state index is -4.04. The van der Waals surface area contributed by atoms with Crippen LogP contribution >= 0.6 is 0 Å². The molecule has 0 heterocycles. The first kappa shape index (κ1) is 16.9. The molecule has 0 aromatic heterocycles. The SMILES string of the molecule is Cc1ccc(S(=O)(=O)N(CC(=O)NN)c2cccc(F)c2)cc1. The van der Waals surface area contributed by atoms with Crippen molar-refractivity contribution in [2.24, 2.45) is 5.84 Å². The molecule has 0 unspecified atom stereocenters. The molecule has 23 heavy (non-hydrogen) atoms. The molecule has 6 nitrogen and oxygen atoms in total. The molecule has 2 aromatic rings. The molecule has 0 aliphatic rings. The number of hydrazine groups is 1. The van der Waals surface area contributed by atoms with Crippen LogP contribution in [0.15, 0.2) is 53.4 Å². The van der Waals surface area contributed by atoms with Gasteiger partial charge in [0, 0.05) is 0 Å². The molecule has 3 N–H and O–H groups in total. The van der Waals surface area contributed by atoms with Gasteiger partial charge >= 0.3 is 0 Å². The summed E-state index contributed by atoms with van der Waals surface area (Å²) >= 11 is 0. The van der Waals surface area contributed by atoms with Crippen LogP contribution < -0.4 is 15.6 Å². The number of nitrogens with zero attached hydrogens (tertiary/aromatic N) is 1. The molecule has 2 aromatic carbocycles. The molecule has 122 valence electrons. The van der Waals surface area contributed by atoms with E-state index in [4.69, 9.17) is 5.84 Å². The third kappa shape index (κ3) is 3.85. The van der Waals surface area contributed by atoms with Gasteiger partial charge in [0.25, 0.3) is 15.9 Å². The second-order valence-electron chi connectivity index (χ2n) is 4.87. The Hall–Kier alpha value is -2.45. The van der Waals surface area contributed by atoms with Crippen LogP contribution in [-0.2, 0) is 14.8 Å². The Kier molecular flexibility index (Phi) is 4.97. The van der Waals surface area contributed by atoms with Crippen molar-refractivity contribution >= 4 is 21.6 Å². The van der Waals surface area contributed by atoms with Crippen molar-refractivity contribution in [1.82, 2.24) is 5.43 Å². The van der Waals surface area contributed by atoms with E-state index < -0.39 is 28.3 Å². The highest BCUT2D eigenvalue weighted by molar-refractivity contribution is 7.92. The summed E-state index contributed by atoms with van der Waals surface area (Å²) in [4.78, 5) is 11.6. The molecule has 0 bridgehead atoms. The fourth-order valence-corrected chi connectivity index (χ4v) is 3.37. The van der Waals surface area contributed by atoms with Gasteiger partial charge in [0.2, 0.25) is 0 Å². The van der Waals surface area contributed by atoms with E-state index in [1.165, 1.54) is 30.3 Å². The summed E-state index contributed by atoms with van der Waals surface area (Å²) in [6.07, 6.45) is 0. The lowest BCUT2D eigenvalue weighted by atomic mass is 10.2. The lowest BCUT2D eigenvalue weighted by Gasteiger charge is -2.23. The predicted molar refractivity (Wildman–Crippen MR) is 84.4 cm³/mol. The Labute approximate surface area is 133 Å². The molecular weight excluding hydrogens is 321 g/mol. The van der Waals surface area contributed by atoms with Crippen LogP contribution in [0.3, 0.4) is 0 Å². The maximum absolute atomic E-state index is 13.4. The van der Waals surface area contributed by atoms with Gasteiger partial charge in [-0.3, -0.25) is 14.5 Å². The number of carbonyl (C=O) groups excluding carboxylic acids is 1. The molecule has 0 radical (unpaired) electrons. The van der Waals surface area contributed by atoms with E-state index >= 15 is 0 Å². The van der Waals surface area contributed by atoms with E-state index in [0.717, 1.165) is 15.9 Å². The average molecular weight is 337 g/mol. The largest absolute Gasteiger partial charge is 0.293 e. The minimum absolute atomic E-state index is 0.00261. The molecule has 0 atom stereocenters. The fourth-order valence-electron chi connectivity index (χ4n) is 1.96. The first-order valence-corrected chi connectivity index (χ1v) is 8.13. The number of amides is 1. The number of hydrogen-bond acceptors (Lipinski definition) is 4. The zero-order valence-corrected chi connectivity index (χ0v) is 13.2. The number of nitrogens with one attached hydrogen (secondary N) is 1. The number of benzene rings is 2. The summed E-state index contributed by atoms with van der Waals surface area (Å²) in [7, 11) is -4.04. The Morgan fingerprint density at radius 1 is 1.22 bits per heavy atom. The second kappa shape index (κ2) is 6.76. The third-order valence-electron chi connectivity index (χ3n) is 3.15. The van der Waals surface area contributed by atoms with Gasteiger partial charge in [-0.25, -0.2) is 18.7 Å². The van der Waals surface area contributed by atoms with E-state index in [2.05, 4.69) is 0 Å². The monoisotopic (exact) mass is 337 g/mol. The predicted octanol–water partition coefficient (Wildman–Crippen LogP) is 1.32. The smallest absolute Gasteiger partial charge is 0.264 e. The van der Waals surface area contributed by atoms with Crippen molar-refractivity contribution in [3.63, 3.8) is 0 Å². The Balaban J connectivity index is 2.51. The van der Waals surface area contributed by atoms with Gasteiger partial charge in [0.15, 0.2) is 0 Å². The first-order valence-electron chi connectivity index (χ1n) is 6.69. The molecule has 0 aliphatic carbocycles. The molecule has 0 aliphatic heterocycles. The first-order chi connectivity index (χ1) is 10.8. The topological polar surface area (TPSA) is 92.5 Å². The van der Waals surface area contributed by atoms with Gasteiger partial charge < -0.3 is 0 Å². The summed E-state index contributed by atoms with van der Waals surface area (Å²) < 4.78 is 39.8. The molecule has 1 amide bonds. The highest BCUT2D eigenvalue weighted by atomic mass is 32.2. The van der Waals surface area contributed by atoms with Gasteiger partial charge in [0.05, 0.1) is 10.6 Å². The van der Waals surface area contributed by atoms with Crippen molar-refractivity contribution < 1.29 is 17.6 Å². The fraction of sp³-hybridized carbons (Fsp3) is 0.133. The number of hydrogen-bond donors (Lipinski definition) is 2. The number of nitrogens with two attached hydrogens (primary N) is 1. The van der Waals surface area contributed by atoms with Gasteiger partial charge in [-0.2, -0.15) is 0 Å². The number of aryl methyl sites for hydroxylation is 1. The molecule has 0 fully saturated rings. The zero-order valence-electron chi connectivity index (χ0n) is 12.4. The average Bonchev–Trinajstić information content (AvgIpc) is 2.52. The third-order valence-corrected chi connectivity index (χ3v) is 4.94. The normalized spacial score (nSPS) is 11.1. The number of rotatable bonds is 5. The van der Waals surface area contributed by atoms with Crippen LogP contribution in [0.5, 0.6) is 0 Å². The van der Waals surface area contributed by atoms with E-state index in [0.29, 0.717) is 0 Å². The lowest BCUT2D eigenvalue weighted by Crippen LogP contribution is -2.43. The minimum Gasteiger partial charge on any atom is -0.293 e. The van der Waals surface area contributed by atoms with Gasteiger partial charge in [0.1, 0.15) is 12.4 Å². The van der Waals surface area contributed by atoms with Crippen molar-refractivity contribution in [2.45, 2.75) is 11.8 Å². The number of sulfonamides is 1. The standard InChI is InChI=1S/C15H16FN3O3S/c1-11-5-7-14(8-6-11)23(21,22)19(10-15(20)18-17)13-4-2-3-12(16)9-13/h2-9H,10,17H2,1H3,(H,18,20). The highest BCUT2D eigenvalue weighted by Crippen LogP contribution is 2.24. The zero-order chi connectivity index (χ0) is 17.0. The van der Waals surface area contributed by atoms with Crippen LogP contribution in [0, 0.1) is 12.7 Å². The van der Waals surface area contributed by atoms with E-state index in [1.807, 2.05) is 12.3 Å². The number of anilines is 1. The van der Waals surface area contributed by atoms with E-state index in [1.54, 1.807) is 12.1 Å². The van der Waals surface area contributed by atoms with Crippen LogP contribution in [0.4, 0.5) is 10.1 Å². The van der Waals surface area contributed by atoms with Crippen LogP contribution in [0.1, 0.15) is 5.56 Å². The van der Waals surface area contributed by atoms with Crippen LogP contribution in [0.2, 0.25) is 0 Å². The Bertz CT molecular complexity index is 807. The molecule has 0 saturated carbocycles. The van der Waals surface area contributed by atoms with Gasteiger partial charge in [-0.15, -0.1) is 0 Å². The van der Waals surface area contributed by atoms with Crippen molar-refractivity contribution in [1.29, 1.82) is 0 Å². The van der Waals surface area contributed by atoms with Gasteiger partial charge in [-0.1, -0.05) is 23.8 Å². The summed E-state index contributed by atoms with van der Waals surface area (Å²) in [6, 6.07) is 11.1. The summed E-state index contributed by atoms with van der Waals surface area (Å²) in [5.41, 5.74) is 2.80. The molecule has 8 heteroatoms. The van der Waals surface area contributed by atoms with Crippen molar-refractivity contribution in [3.05, 3.63) is 59.9 Å². The van der Waals surface area contributed by atoms with Crippen LogP contribution in [0.25, 0.3) is 0 Å². The number of carbonyl (C=O) groups is 1. The van der Waals surface area contributed by atoms with Crippen LogP contribution in [-0.4, -0.2) is 20.9 Å². The summed E-state index contributed by atoms with van der Waals surface area (Å²) in [5.74, 6) is 3.71. The van der Waals surface area contributed by atoms with E-state index in [9.17, 15) is 17.6 Å². The lowest BCUT2D eigenvalue weighted by molar-refractivity contribution is -0.119. The number of halogens is 1. The molecule has 0 saturated heterocycles. The quantitative estimate of drug-likeness (QED) is 0.489. The molecule has 0 spiro atoms. The molecular formula is C15H16FN3O3S. The maximum Gasteiger partial charge on any atom is 0.264 e. The highest BCUT2D eigenvalue weighted by Gasteiger charge is 2.27. The Morgan fingerprint density at radius 2 is 1.87 bits per heavy atom. The summed E-state index contributed by atoms with van der Waals surface area (Å²) in [6.45, 7) is 1.26. The molecule has 2 rings (SSSR count). The van der Waals surface area contributed by atoms with Crippen molar-refractivity contribution in [3.8, 4) is 0 Å². The van der Waals surface area contributed by atoms with Crippen molar-refractivity contribution in [2.75, 3.05) is 10.8 Å². The Morgan fingerprint density at radius 3 is 2.43 bits per heavy atom.